The molecule has 1 aromatic heterocycles. The number of ether oxygens (including phenoxy) is 1. The Morgan fingerprint density at radius 1 is 1.30 bits per heavy atom. The Balaban J connectivity index is 1.93. The smallest absolute Gasteiger partial charge is 0.331 e. The summed E-state index contributed by atoms with van der Waals surface area (Å²) in [5, 5.41) is 2.86. The number of carbonyl (C=O) groups is 1. The van der Waals surface area contributed by atoms with Crippen LogP contribution < -0.4 is 16.6 Å². The first kappa shape index (κ1) is 17.4. The molecular formula is C15H24N4O4. The van der Waals surface area contributed by atoms with Crippen LogP contribution in [0.4, 0.5) is 0 Å². The molecule has 2 heterocycles. The predicted molar refractivity (Wildman–Crippen MR) is 85.4 cm³/mol. The van der Waals surface area contributed by atoms with E-state index >= 15 is 0 Å². The zero-order valence-corrected chi connectivity index (χ0v) is 13.9. The van der Waals surface area contributed by atoms with Crippen LogP contribution in [0.5, 0.6) is 0 Å². The van der Waals surface area contributed by atoms with Crippen molar-refractivity contribution in [3.63, 3.8) is 0 Å². The molecule has 0 bridgehead atoms. The Labute approximate surface area is 134 Å². The Morgan fingerprint density at radius 3 is 2.61 bits per heavy atom. The van der Waals surface area contributed by atoms with Crippen molar-refractivity contribution in [2.24, 2.45) is 7.05 Å². The Hall–Kier alpha value is -1.93. The lowest BCUT2D eigenvalue weighted by atomic mass is 10.0. The molecule has 0 radical (unpaired) electrons. The summed E-state index contributed by atoms with van der Waals surface area (Å²) in [4.78, 5) is 37.6. The third-order valence-corrected chi connectivity index (χ3v) is 4.16. The van der Waals surface area contributed by atoms with Crippen molar-refractivity contribution in [2.45, 2.75) is 25.9 Å². The van der Waals surface area contributed by atoms with Crippen molar-refractivity contribution in [3.05, 3.63) is 33.1 Å². The molecule has 1 amide bonds. The van der Waals surface area contributed by atoms with Gasteiger partial charge in [-0.1, -0.05) is 0 Å². The summed E-state index contributed by atoms with van der Waals surface area (Å²) in [5.74, 6) is -0.257. The van der Waals surface area contributed by atoms with Crippen molar-refractivity contribution in [2.75, 3.05) is 32.8 Å². The van der Waals surface area contributed by atoms with E-state index in [4.69, 9.17) is 4.74 Å². The first-order chi connectivity index (χ1) is 10.8. The predicted octanol–water partition coefficient (Wildman–Crippen LogP) is -1.23. The number of hydrogen-bond donors (Lipinski definition) is 1. The zero-order chi connectivity index (χ0) is 17.0. The average Bonchev–Trinajstić information content (AvgIpc) is 2.54. The highest BCUT2D eigenvalue weighted by Gasteiger charge is 2.28. The number of nitrogens with one attached hydrogen (secondary N) is 1. The van der Waals surface area contributed by atoms with Gasteiger partial charge in [0.2, 0.25) is 5.91 Å². The molecule has 128 valence electrons. The van der Waals surface area contributed by atoms with Crippen molar-refractivity contribution < 1.29 is 9.53 Å². The molecule has 1 aliphatic heterocycles. The maximum Gasteiger partial charge on any atom is 0.331 e. The first-order valence-corrected chi connectivity index (χ1v) is 7.67. The summed E-state index contributed by atoms with van der Waals surface area (Å²) in [5.41, 5.74) is -1.08. The Kier molecular flexibility index (Phi) is 5.38. The van der Waals surface area contributed by atoms with Crippen LogP contribution in [0.3, 0.4) is 0 Å². The summed E-state index contributed by atoms with van der Waals surface area (Å²) in [6.45, 7) is 7.58. The number of hydrogen-bond acceptors (Lipinski definition) is 5. The molecule has 8 nitrogen and oxygen atoms in total. The SMILES string of the molecule is Cn1c(=O)ccn(CC(=O)NCC(C)(C)N2CCOCC2)c1=O. The first-order valence-electron chi connectivity index (χ1n) is 7.67. The van der Waals surface area contributed by atoms with Crippen LogP contribution in [-0.4, -0.2) is 58.3 Å². The standard InChI is InChI=1S/C15H24N4O4/c1-15(2,19-6-8-23-9-7-19)11-16-12(20)10-18-5-4-13(21)17(3)14(18)22/h4-5H,6-11H2,1-3H3,(H,16,20). The summed E-state index contributed by atoms with van der Waals surface area (Å²) >= 11 is 0. The van der Waals surface area contributed by atoms with Crippen LogP contribution in [0.15, 0.2) is 21.9 Å². The fourth-order valence-corrected chi connectivity index (χ4v) is 2.54. The van der Waals surface area contributed by atoms with E-state index in [1.54, 1.807) is 0 Å². The largest absolute Gasteiger partial charge is 0.379 e. The normalized spacial score (nSPS) is 16.3. The van der Waals surface area contributed by atoms with Crippen LogP contribution in [0.2, 0.25) is 0 Å². The number of morpholine rings is 1. The lowest BCUT2D eigenvalue weighted by Gasteiger charge is -2.40. The third-order valence-electron chi connectivity index (χ3n) is 4.16. The second kappa shape index (κ2) is 7.10. The van der Waals surface area contributed by atoms with Crippen molar-refractivity contribution in [3.8, 4) is 0 Å². The van der Waals surface area contributed by atoms with Crippen LogP contribution in [0.1, 0.15) is 13.8 Å². The number of amides is 1. The van der Waals surface area contributed by atoms with Crippen molar-refractivity contribution in [1.29, 1.82) is 0 Å². The van der Waals surface area contributed by atoms with Gasteiger partial charge in [-0.3, -0.25) is 23.6 Å². The highest BCUT2D eigenvalue weighted by Crippen LogP contribution is 2.14. The molecule has 8 heteroatoms. The molecule has 1 fully saturated rings. The molecule has 0 aromatic carbocycles. The molecule has 1 aromatic rings. The minimum atomic E-state index is -0.500. The van der Waals surface area contributed by atoms with E-state index in [1.165, 1.54) is 23.9 Å². The van der Waals surface area contributed by atoms with E-state index in [0.717, 1.165) is 17.7 Å². The zero-order valence-electron chi connectivity index (χ0n) is 13.9. The Morgan fingerprint density at radius 2 is 1.96 bits per heavy atom. The van der Waals surface area contributed by atoms with Crippen LogP contribution in [-0.2, 0) is 23.1 Å². The van der Waals surface area contributed by atoms with Crippen LogP contribution >= 0.6 is 0 Å². The van der Waals surface area contributed by atoms with Gasteiger partial charge in [0.1, 0.15) is 6.54 Å². The second-order valence-corrected chi connectivity index (χ2v) is 6.31. The average molecular weight is 324 g/mol. The molecule has 1 saturated heterocycles. The van der Waals surface area contributed by atoms with Gasteiger partial charge in [0.15, 0.2) is 0 Å². The van der Waals surface area contributed by atoms with Gasteiger partial charge < -0.3 is 10.1 Å². The van der Waals surface area contributed by atoms with Crippen LogP contribution in [0.25, 0.3) is 0 Å². The van der Waals surface area contributed by atoms with Gasteiger partial charge in [-0.2, -0.15) is 0 Å². The summed E-state index contributed by atoms with van der Waals surface area (Å²) in [6, 6.07) is 1.27. The van der Waals surface area contributed by atoms with Crippen molar-refractivity contribution >= 4 is 5.91 Å². The molecule has 0 unspecified atom stereocenters. The van der Waals surface area contributed by atoms with Gasteiger partial charge in [-0.25, -0.2) is 4.79 Å². The van der Waals surface area contributed by atoms with E-state index in [2.05, 4.69) is 24.1 Å². The fraction of sp³-hybridized carbons (Fsp3) is 0.667. The van der Waals surface area contributed by atoms with Gasteiger partial charge in [-0.05, 0) is 13.8 Å². The monoisotopic (exact) mass is 324 g/mol. The van der Waals surface area contributed by atoms with Gasteiger partial charge in [0, 0.05) is 44.5 Å². The molecule has 1 N–H and O–H groups in total. The van der Waals surface area contributed by atoms with Crippen molar-refractivity contribution in [1.82, 2.24) is 19.4 Å². The van der Waals surface area contributed by atoms with E-state index in [9.17, 15) is 14.4 Å². The molecule has 0 saturated carbocycles. The minimum Gasteiger partial charge on any atom is -0.379 e. The quantitative estimate of drug-likeness (QED) is 0.733. The number of carbonyl (C=O) groups excluding carboxylic acids is 1. The summed E-state index contributed by atoms with van der Waals surface area (Å²) < 4.78 is 7.54. The molecule has 0 aliphatic carbocycles. The molecule has 1 aliphatic rings. The van der Waals surface area contributed by atoms with Crippen LogP contribution in [0, 0.1) is 0 Å². The fourth-order valence-electron chi connectivity index (χ4n) is 2.54. The van der Waals surface area contributed by atoms with Gasteiger partial charge in [-0.15, -0.1) is 0 Å². The number of nitrogens with zero attached hydrogens (tertiary/aromatic N) is 3. The van der Waals surface area contributed by atoms with Gasteiger partial charge in [0.25, 0.3) is 5.56 Å². The highest BCUT2D eigenvalue weighted by atomic mass is 16.5. The number of rotatable bonds is 5. The van der Waals surface area contributed by atoms with E-state index in [1.807, 2.05) is 0 Å². The van der Waals surface area contributed by atoms with E-state index in [-0.39, 0.29) is 23.6 Å². The van der Waals surface area contributed by atoms with Gasteiger partial charge >= 0.3 is 5.69 Å². The molecule has 0 atom stereocenters. The molecule has 2 rings (SSSR count). The third kappa shape index (κ3) is 4.29. The minimum absolute atomic E-state index is 0.105. The maximum atomic E-state index is 12.1. The van der Waals surface area contributed by atoms with E-state index < -0.39 is 5.69 Å². The lowest BCUT2D eigenvalue weighted by Crippen LogP contribution is -2.55. The maximum absolute atomic E-state index is 12.1. The number of aromatic nitrogens is 2. The Bertz CT molecular complexity index is 671. The lowest BCUT2D eigenvalue weighted by molar-refractivity contribution is -0.122. The summed E-state index contributed by atoms with van der Waals surface area (Å²) in [6.07, 6.45) is 1.34. The molecular weight excluding hydrogens is 300 g/mol. The van der Waals surface area contributed by atoms with Gasteiger partial charge in [0.05, 0.1) is 13.2 Å². The molecule has 0 spiro atoms. The topological polar surface area (TPSA) is 85.6 Å². The molecule has 23 heavy (non-hydrogen) atoms. The second-order valence-electron chi connectivity index (χ2n) is 6.31. The van der Waals surface area contributed by atoms with E-state index in [0.29, 0.717) is 19.8 Å². The summed E-state index contributed by atoms with van der Waals surface area (Å²) in [7, 11) is 1.39. The highest BCUT2D eigenvalue weighted by molar-refractivity contribution is 5.75.